The monoisotopic (exact) mass is 162 g/mol. The predicted octanol–water partition coefficient (Wildman–Crippen LogP) is 0.852. The molecule has 1 N–H and O–H groups in total. The number of imidazole rings is 1. The first kappa shape index (κ1) is 6.84. The lowest BCUT2D eigenvalue weighted by atomic mass is 10.4. The fraction of sp³-hybridized carbons (Fsp3) is 0. The molecule has 2 rings (SSSR count). The van der Waals surface area contributed by atoms with Crippen molar-refractivity contribution in [3.8, 4) is 5.75 Å². The average molecular weight is 162 g/mol. The molecule has 4 heteroatoms. The number of carbonyl (C=O) groups is 1. The zero-order chi connectivity index (χ0) is 8.55. The lowest BCUT2D eigenvalue weighted by molar-refractivity contribution is 0.111. The molecule has 0 radical (unpaired) electrons. The second-order valence-electron chi connectivity index (χ2n) is 2.39. The van der Waals surface area contributed by atoms with Gasteiger partial charge in [0.05, 0.1) is 6.20 Å². The summed E-state index contributed by atoms with van der Waals surface area (Å²) in [5.41, 5.74) is 0.834. The highest BCUT2D eigenvalue weighted by Gasteiger charge is 2.03. The number of fused-ring (bicyclic) bond motifs is 1. The maximum absolute atomic E-state index is 10.5. The summed E-state index contributed by atoms with van der Waals surface area (Å²) in [5.74, 6) is 0.0746. The van der Waals surface area contributed by atoms with Gasteiger partial charge >= 0.3 is 0 Å². The van der Waals surface area contributed by atoms with Crippen LogP contribution in [0.25, 0.3) is 5.65 Å². The highest BCUT2D eigenvalue weighted by atomic mass is 16.3. The highest BCUT2D eigenvalue weighted by Crippen LogP contribution is 2.16. The molecule has 60 valence electrons. The number of aromatic hydroxyl groups is 1. The zero-order valence-electron chi connectivity index (χ0n) is 6.14. The van der Waals surface area contributed by atoms with Crippen LogP contribution in [0.5, 0.6) is 5.75 Å². The molecule has 0 aromatic carbocycles. The van der Waals surface area contributed by atoms with Crippen LogP contribution in [0.1, 0.15) is 10.5 Å². The van der Waals surface area contributed by atoms with Crippen LogP contribution in [0.4, 0.5) is 0 Å². The maximum Gasteiger partial charge on any atom is 0.180 e. The molecule has 0 aliphatic carbocycles. The molecule has 0 unspecified atom stereocenters. The summed E-state index contributed by atoms with van der Waals surface area (Å²) in [5, 5.41) is 9.28. The Morgan fingerprint density at radius 1 is 1.58 bits per heavy atom. The first-order valence-corrected chi connectivity index (χ1v) is 3.43. The average Bonchev–Trinajstić information content (AvgIpc) is 2.49. The van der Waals surface area contributed by atoms with Crippen molar-refractivity contribution in [3.05, 3.63) is 30.2 Å². The standard InChI is InChI=1S/C8H6N2O2/c11-5-6-4-9-8-7(12)2-1-3-10(6)8/h1-5,12H. The minimum absolute atomic E-state index is 0.0746. The van der Waals surface area contributed by atoms with Gasteiger partial charge in [-0.05, 0) is 12.1 Å². The molecule has 0 saturated carbocycles. The fourth-order valence-electron chi connectivity index (χ4n) is 1.10. The van der Waals surface area contributed by atoms with Gasteiger partial charge in [0.15, 0.2) is 17.7 Å². The van der Waals surface area contributed by atoms with Gasteiger partial charge < -0.3 is 5.11 Å². The van der Waals surface area contributed by atoms with Gasteiger partial charge in [0.2, 0.25) is 0 Å². The van der Waals surface area contributed by atoms with Crippen LogP contribution in [-0.4, -0.2) is 20.8 Å². The third kappa shape index (κ3) is 0.780. The van der Waals surface area contributed by atoms with E-state index in [4.69, 9.17) is 0 Å². The van der Waals surface area contributed by atoms with Gasteiger partial charge in [-0.25, -0.2) is 4.98 Å². The fourth-order valence-corrected chi connectivity index (χ4v) is 1.10. The molecular formula is C8H6N2O2. The van der Waals surface area contributed by atoms with Crippen molar-refractivity contribution in [2.45, 2.75) is 0 Å². The van der Waals surface area contributed by atoms with Crippen molar-refractivity contribution in [3.63, 3.8) is 0 Å². The van der Waals surface area contributed by atoms with Crippen molar-refractivity contribution in [1.82, 2.24) is 9.38 Å². The lowest BCUT2D eigenvalue weighted by Crippen LogP contribution is -1.88. The van der Waals surface area contributed by atoms with Crippen LogP contribution in [0.2, 0.25) is 0 Å². The van der Waals surface area contributed by atoms with E-state index >= 15 is 0 Å². The van der Waals surface area contributed by atoms with Crippen molar-refractivity contribution in [2.24, 2.45) is 0 Å². The van der Waals surface area contributed by atoms with Gasteiger partial charge in [0, 0.05) is 6.20 Å². The Morgan fingerprint density at radius 2 is 2.42 bits per heavy atom. The summed E-state index contributed by atoms with van der Waals surface area (Å²) in [6, 6.07) is 3.17. The van der Waals surface area contributed by atoms with E-state index in [1.807, 2.05) is 0 Å². The molecule has 2 aromatic heterocycles. The van der Waals surface area contributed by atoms with E-state index in [0.29, 0.717) is 17.6 Å². The topological polar surface area (TPSA) is 54.6 Å². The number of nitrogens with zero attached hydrogens (tertiary/aromatic N) is 2. The first-order valence-electron chi connectivity index (χ1n) is 3.43. The zero-order valence-corrected chi connectivity index (χ0v) is 6.14. The van der Waals surface area contributed by atoms with E-state index in [1.165, 1.54) is 16.7 Å². The van der Waals surface area contributed by atoms with Gasteiger partial charge in [-0.2, -0.15) is 0 Å². The van der Waals surface area contributed by atoms with Gasteiger partial charge in [-0.15, -0.1) is 0 Å². The first-order chi connectivity index (χ1) is 5.83. The van der Waals surface area contributed by atoms with Crippen LogP contribution < -0.4 is 0 Å². The van der Waals surface area contributed by atoms with Gasteiger partial charge in [0.25, 0.3) is 0 Å². The number of pyridine rings is 1. The molecule has 0 aliphatic heterocycles. The van der Waals surface area contributed by atoms with E-state index in [2.05, 4.69) is 4.98 Å². The summed E-state index contributed by atoms with van der Waals surface area (Å²) in [6.45, 7) is 0. The van der Waals surface area contributed by atoms with Crippen molar-refractivity contribution in [2.75, 3.05) is 0 Å². The smallest absolute Gasteiger partial charge is 0.180 e. The maximum atomic E-state index is 10.5. The Morgan fingerprint density at radius 3 is 3.17 bits per heavy atom. The van der Waals surface area contributed by atoms with Crippen molar-refractivity contribution >= 4 is 11.9 Å². The molecule has 12 heavy (non-hydrogen) atoms. The van der Waals surface area contributed by atoms with E-state index in [1.54, 1.807) is 12.3 Å². The van der Waals surface area contributed by atoms with Gasteiger partial charge in [0.1, 0.15) is 5.69 Å². The Hall–Kier alpha value is -1.84. The summed E-state index contributed by atoms with van der Waals surface area (Å²) in [7, 11) is 0. The minimum atomic E-state index is 0.0746. The Labute approximate surface area is 68.1 Å². The Bertz CT molecular complexity index is 434. The number of rotatable bonds is 1. The van der Waals surface area contributed by atoms with E-state index in [-0.39, 0.29) is 5.75 Å². The molecule has 0 amide bonds. The SMILES string of the molecule is O=Cc1cnc2c(O)cccn12. The van der Waals surface area contributed by atoms with Crippen LogP contribution in [0, 0.1) is 0 Å². The van der Waals surface area contributed by atoms with Crippen LogP contribution in [0.15, 0.2) is 24.5 Å². The van der Waals surface area contributed by atoms with E-state index in [0.717, 1.165) is 0 Å². The summed E-state index contributed by atoms with van der Waals surface area (Å²) in [4.78, 5) is 14.3. The van der Waals surface area contributed by atoms with Crippen molar-refractivity contribution in [1.29, 1.82) is 0 Å². The van der Waals surface area contributed by atoms with Crippen LogP contribution >= 0.6 is 0 Å². The second-order valence-corrected chi connectivity index (χ2v) is 2.39. The number of aromatic nitrogens is 2. The van der Waals surface area contributed by atoms with E-state index in [9.17, 15) is 9.90 Å². The van der Waals surface area contributed by atoms with Crippen molar-refractivity contribution < 1.29 is 9.90 Å². The highest BCUT2D eigenvalue weighted by molar-refractivity contribution is 5.74. The molecule has 4 nitrogen and oxygen atoms in total. The number of aldehydes is 1. The number of carbonyl (C=O) groups excluding carboxylic acids is 1. The molecule has 0 atom stereocenters. The number of hydrogen-bond acceptors (Lipinski definition) is 3. The van der Waals surface area contributed by atoms with Crippen LogP contribution in [-0.2, 0) is 0 Å². The molecule has 0 bridgehead atoms. The molecule has 0 spiro atoms. The summed E-state index contributed by atoms with van der Waals surface area (Å²) in [6.07, 6.45) is 3.78. The molecular weight excluding hydrogens is 156 g/mol. The molecule has 0 saturated heterocycles. The summed E-state index contributed by atoms with van der Waals surface area (Å²) >= 11 is 0. The third-order valence-electron chi connectivity index (χ3n) is 1.66. The predicted molar refractivity (Wildman–Crippen MR) is 42.2 cm³/mol. The second kappa shape index (κ2) is 2.34. The largest absolute Gasteiger partial charge is 0.504 e. The van der Waals surface area contributed by atoms with E-state index < -0.39 is 0 Å². The van der Waals surface area contributed by atoms with Crippen LogP contribution in [0.3, 0.4) is 0 Å². The number of hydrogen-bond donors (Lipinski definition) is 1. The third-order valence-corrected chi connectivity index (χ3v) is 1.66. The molecule has 0 aliphatic rings. The molecule has 2 heterocycles. The Balaban J connectivity index is 2.88. The van der Waals surface area contributed by atoms with Gasteiger partial charge in [-0.1, -0.05) is 0 Å². The molecule has 0 fully saturated rings. The van der Waals surface area contributed by atoms with Gasteiger partial charge in [-0.3, -0.25) is 9.20 Å². The lowest BCUT2D eigenvalue weighted by Gasteiger charge is -1.95. The summed E-state index contributed by atoms with van der Waals surface area (Å²) < 4.78 is 1.53. The molecule has 2 aromatic rings. The minimum Gasteiger partial charge on any atom is -0.504 e. The quantitative estimate of drug-likeness (QED) is 0.632. The Kier molecular flexibility index (Phi) is 1.33. The normalized spacial score (nSPS) is 10.3.